The van der Waals surface area contributed by atoms with Gasteiger partial charge in [0.15, 0.2) is 5.96 Å². The van der Waals surface area contributed by atoms with E-state index < -0.39 is 6.04 Å². The molecule has 20 heavy (non-hydrogen) atoms. The Morgan fingerprint density at radius 1 is 1.20 bits per heavy atom. The van der Waals surface area contributed by atoms with Gasteiger partial charge < -0.3 is 14.8 Å². The Morgan fingerprint density at radius 3 is 2.60 bits per heavy atom. The van der Waals surface area contributed by atoms with Crippen molar-refractivity contribution < 1.29 is 14.3 Å². The van der Waals surface area contributed by atoms with Crippen molar-refractivity contribution in [3.05, 3.63) is 35.4 Å². The van der Waals surface area contributed by atoms with Crippen molar-refractivity contribution in [1.82, 2.24) is 10.6 Å². The summed E-state index contributed by atoms with van der Waals surface area (Å²) in [5, 5.41) is 5.79. The first-order valence-corrected chi connectivity index (χ1v) is 6.43. The molecule has 1 atom stereocenters. The van der Waals surface area contributed by atoms with Crippen LogP contribution >= 0.6 is 0 Å². The molecular weight excluding hydrogens is 258 g/mol. The third kappa shape index (κ3) is 3.55. The van der Waals surface area contributed by atoms with Crippen molar-refractivity contribution in [3.63, 3.8) is 0 Å². The third-order valence-electron chi connectivity index (χ3n) is 2.97. The molecule has 6 heteroatoms. The minimum atomic E-state index is -0.395. The van der Waals surface area contributed by atoms with E-state index in [1.165, 1.54) is 0 Å². The lowest BCUT2D eigenvalue weighted by atomic mass is 10.1. The number of hydrogen-bond acceptors (Lipinski definition) is 4. The number of hydrogen-bond donors (Lipinski definition) is 2. The molecule has 1 aliphatic heterocycles. The molecule has 1 aliphatic rings. The fraction of sp³-hybridized carbons (Fsp3) is 0.429. The zero-order chi connectivity index (χ0) is 14.4. The first-order valence-electron chi connectivity index (χ1n) is 6.43. The number of carbonyl (C=O) groups excluding carboxylic acids is 1. The molecule has 1 saturated heterocycles. The fourth-order valence-electron chi connectivity index (χ4n) is 1.97. The molecule has 0 aliphatic carbocycles. The van der Waals surface area contributed by atoms with Gasteiger partial charge in [-0.1, -0.05) is 24.3 Å². The van der Waals surface area contributed by atoms with Gasteiger partial charge in [-0.3, -0.25) is 15.1 Å². The molecule has 1 fully saturated rings. The Hall–Kier alpha value is -1.92. The number of nitrogens with one attached hydrogen (secondary N) is 2. The molecule has 1 heterocycles. The molecule has 2 N–H and O–H groups in total. The van der Waals surface area contributed by atoms with Crippen LogP contribution in [0.5, 0.6) is 0 Å². The second-order valence-corrected chi connectivity index (χ2v) is 4.46. The number of aliphatic imine (C=N–C) groups is 1. The molecule has 0 saturated carbocycles. The second-order valence-electron chi connectivity index (χ2n) is 4.46. The summed E-state index contributed by atoms with van der Waals surface area (Å²) in [5.74, 6) is 0.402. The molecule has 0 spiro atoms. The summed E-state index contributed by atoms with van der Waals surface area (Å²) < 4.78 is 9.98. The molecule has 0 aromatic heterocycles. The van der Waals surface area contributed by atoms with Crippen molar-refractivity contribution in [2.24, 2.45) is 4.99 Å². The summed E-state index contributed by atoms with van der Waals surface area (Å²) in [4.78, 5) is 16.1. The molecule has 108 valence electrons. The number of rotatable bonds is 6. The lowest BCUT2D eigenvalue weighted by Gasteiger charge is -2.09. The van der Waals surface area contributed by atoms with Crippen molar-refractivity contribution >= 4 is 11.9 Å². The molecule has 1 unspecified atom stereocenters. The van der Waals surface area contributed by atoms with E-state index in [9.17, 15) is 4.79 Å². The molecular formula is C14H19N3O3. The van der Waals surface area contributed by atoms with Crippen molar-refractivity contribution in [2.75, 3.05) is 27.4 Å². The van der Waals surface area contributed by atoms with Gasteiger partial charge in [0.05, 0.1) is 19.8 Å². The Balaban J connectivity index is 2.02. The highest BCUT2D eigenvalue weighted by atomic mass is 16.5. The lowest BCUT2D eigenvalue weighted by molar-refractivity contribution is -0.120. The van der Waals surface area contributed by atoms with Gasteiger partial charge in [0, 0.05) is 14.2 Å². The van der Waals surface area contributed by atoms with Gasteiger partial charge in [-0.15, -0.1) is 0 Å². The SMILES string of the molecule is COCCN=C1NC(=O)C(c2ccc(COC)cc2)N1. The van der Waals surface area contributed by atoms with Crippen LogP contribution in [-0.2, 0) is 20.9 Å². The maximum Gasteiger partial charge on any atom is 0.253 e. The summed E-state index contributed by atoms with van der Waals surface area (Å²) in [7, 11) is 3.27. The topological polar surface area (TPSA) is 72.0 Å². The van der Waals surface area contributed by atoms with Crippen LogP contribution in [0.1, 0.15) is 17.2 Å². The largest absolute Gasteiger partial charge is 0.383 e. The first-order chi connectivity index (χ1) is 9.74. The number of benzene rings is 1. The van der Waals surface area contributed by atoms with Crippen LogP contribution in [0, 0.1) is 0 Å². The predicted molar refractivity (Wildman–Crippen MR) is 75.4 cm³/mol. The highest BCUT2D eigenvalue weighted by molar-refractivity contribution is 6.06. The number of carbonyl (C=O) groups is 1. The Labute approximate surface area is 118 Å². The summed E-state index contributed by atoms with van der Waals surface area (Å²) >= 11 is 0. The van der Waals surface area contributed by atoms with E-state index in [1.807, 2.05) is 24.3 Å². The van der Waals surface area contributed by atoms with E-state index >= 15 is 0 Å². The summed E-state index contributed by atoms with van der Waals surface area (Å²) in [6.45, 7) is 1.60. The molecule has 0 bridgehead atoms. The summed E-state index contributed by atoms with van der Waals surface area (Å²) in [5.41, 5.74) is 1.97. The number of methoxy groups -OCH3 is 2. The molecule has 6 nitrogen and oxygen atoms in total. The quantitative estimate of drug-likeness (QED) is 0.747. The van der Waals surface area contributed by atoms with Crippen molar-refractivity contribution in [1.29, 1.82) is 0 Å². The van der Waals surface area contributed by atoms with E-state index in [0.717, 1.165) is 11.1 Å². The smallest absolute Gasteiger partial charge is 0.253 e. The molecule has 2 rings (SSSR count). The molecule has 1 amide bonds. The van der Waals surface area contributed by atoms with Crippen LogP contribution in [-0.4, -0.2) is 39.2 Å². The Morgan fingerprint density at radius 2 is 1.95 bits per heavy atom. The first kappa shape index (κ1) is 14.5. The van der Waals surface area contributed by atoms with Crippen LogP contribution in [0.2, 0.25) is 0 Å². The van der Waals surface area contributed by atoms with E-state index in [4.69, 9.17) is 9.47 Å². The zero-order valence-electron chi connectivity index (χ0n) is 11.7. The van der Waals surface area contributed by atoms with Gasteiger partial charge in [-0.25, -0.2) is 0 Å². The average Bonchev–Trinajstić information content (AvgIpc) is 2.82. The third-order valence-corrected chi connectivity index (χ3v) is 2.97. The molecule has 1 aromatic carbocycles. The van der Waals surface area contributed by atoms with Gasteiger partial charge in [-0.05, 0) is 11.1 Å². The highest BCUT2D eigenvalue weighted by Gasteiger charge is 2.29. The van der Waals surface area contributed by atoms with Crippen LogP contribution in [0.3, 0.4) is 0 Å². The zero-order valence-corrected chi connectivity index (χ0v) is 11.7. The Kier molecular flexibility index (Phi) is 5.09. The predicted octanol–water partition coefficient (Wildman–Crippen LogP) is 0.596. The van der Waals surface area contributed by atoms with E-state index in [1.54, 1.807) is 14.2 Å². The van der Waals surface area contributed by atoms with Crippen molar-refractivity contribution in [2.45, 2.75) is 12.6 Å². The Bertz CT molecular complexity index is 485. The van der Waals surface area contributed by atoms with Crippen LogP contribution in [0.15, 0.2) is 29.3 Å². The monoisotopic (exact) mass is 277 g/mol. The van der Waals surface area contributed by atoms with Crippen LogP contribution in [0.4, 0.5) is 0 Å². The fourth-order valence-corrected chi connectivity index (χ4v) is 1.97. The van der Waals surface area contributed by atoms with Crippen LogP contribution < -0.4 is 10.6 Å². The number of guanidine groups is 1. The van der Waals surface area contributed by atoms with Crippen molar-refractivity contribution in [3.8, 4) is 0 Å². The van der Waals surface area contributed by atoms with E-state index in [0.29, 0.717) is 25.7 Å². The van der Waals surface area contributed by atoms with E-state index in [2.05, 4.69) is 15.6 Å². The maximum atomic E-state index is 11.9. The number of ether oxygens (including phenoxy) is 2. The number of amides is 1. The average molecular weight is 277 g/mol. The molecule has 0 radical (unpaired) electrons. The van der Waals surface area contributed by atoms with Gasteiger partial charge in [-0.2, -0.15) is 0 Å². The number of nitrogens with zero attached hydrogens (tertiary/aromatic N) is 1. The van der Waals surface area contributed by atoms with Gasteiger partial charge in [0.1, 0.15) is 6.04 Å². The van der Waals surface area contributed by atoms with Gasteiger partial charge in [0.2, 0.25) is 0 Å². The van der Waals surface area contributed by atoms with Gasteiger partial charge in [0.25, 0.3) is 5.91 Å². The second kappa shape index (κ2) is 7.02. The minimum absolute atomic E-state index is 0.0966. The normalized spacial score (nSPS) is 20.0. The maximum absolute atomic E-state index is 11.9. The van der Waals surface area contributed by atoms with E-state index in [-0.39, 0.29) is 5.91 Å². The summed E-state index contributed by atoms with van der Waals surface area (Å²) in [6, 6.07) is 7.35. The van der Waals surface area contributed by atoms with Gasteiger partial charge >= 0.3 is 0 Å². The lowest BCUT2D eigenvalue weighted by Crippen LogP contribution is -2.26. The minimum Gasteiger partial charge on any atom is -0.383 e. The van der Waals surface area contributed by atoms with Crippen LogP contribution in [0.25, 0.3) is 0 Å². The summed E-state index contributed by atoms with van der Waals surface area (Å²) in [6.07, 6.45) is 0. The molecule has 1 aromatic rings. The standard InChI is InChI=1S/C14H19N3O3/c1-19-8-7-15-14-16-12(13(18)17-14)11-5-3-10(4-6-11)9-20-2/h3-6,12H,7-9H2,1-2H3,(H2,15,16,17,18). The highest BCUT2D eigenvalue weighted by Crippen LogP contribution is 2.17.